The minimum Gasteiger partial charge on any atom is -0.473 e. The predicted molar refractivity (Wildman–Crippen MR) is 96.1 cm³/mol. The monoisotopic (exact) mass is 393 g/mol. The number of ether oxygens (including phenoxy) is 1. The fourth-order valence-corrected chi connectivity index (χ4v) is 2.41. The van der Waals surface area contributed by atoms with Crippen LogP contribution in [-0.4, -0.2) is 76.3 Å². The van der Waals surface area contributed by atoms with E-state index in [-0.39, 0.29) is 29.4 Å². The largest absolute Gasteiger partial charge is 0.473 e. The van der Waals surface area contributed by atoms with Gasteiger partial charge in [-0.25, -0.2) is 14.4 Å². The van der Waals surface area contributed by atoms with Crippen LogP contribution in [0.4, 0.5) is 4.79 Å². The van der Waals surface area contributed by atoms with Gasteiger partial charge in [-0.05, 0) is 40.0 Å². The Labute approximate surface area is 158 Å². The van der Waals surface area contributed by atoms with E-state index in [1.54, 1.807) is 19.0 Å². The maximum absolute atomic E-state index is 12.0. The number of carbonyl (C=O) groups excluding carboxylic acids is 2. The van der Waals surface area contributed by atoms with Gasteiger partial charge in [0.05, 0.1) is 0 Å². The number of rotatable bonds is 2. The molecule has 2 amide bonds. The molecule has 3 atom stereocenters. The Morgan fingerprint density at radius 3 is 1.93 bits per heavy atom. The van der Waals surface area contributed by atoms with E-state index in [9.17, 15) is 9.59 Å². The summed E-state index contributed by atoms with van der Waals surface area (Å²) in [5.41, 5.74) is 5.49. The van der Waals surface area contributed by atoms with Crippen LogP contribution in [0, 0.1) is 5.92 Å². The first-order valence-corrected chi connectivity index (χ1v) is 8.17. The van der Waals surface area contributed by atoms with Gasteiger partial charge in [-0.2, -0.15) is 0 Å². The summed E-state index contributed by atoms with van der Waals surface area (Å²) in [6, 6.07) is -0.346. The van der Waals surface area contributed by atoms with Crippen molar-refractivity contribution in [2.24, 2.45) is 11.7 Å². The van der Waals surface area contributed by atoms with Crippen LogP contribution in [0.25, 0.3) is 0 Å². The Bertz CT molecular complexity index is 518. The number of carboxylic acids is 2. The number of aliphatic carboxylic acids is 2. The molecule has 1 fully saturated rings. The molecule has 0 heterocycles. The van der Waals surface area contributed by atoms with Crippen molar-refractivity contribution in [3.63, 3.8) is 0 Å². The van der Waals surface area contributed by atoms with Crippen molar-refractivity contribution in [2.75, 3.05) is 14.1 Å². The molecule has 0 radical (unpaired) electrons. The third kappa shape index (κ3) is 11.0. The maximum Gasteiger partial charge on any atom is 0.414 e. The zero-order chi connectivity index (χ0) is 20.7. The lowest BCUT2D eigenvalue weighted by Crippen LogP contribution is -2.53. The molecule has 0 aromatic rings. The summed E-state index contributed by atoms with van der Waals surface area (Å²) in [5, 5.41) is 17.6. The van der Waals surface area contributed by atoms with E-state index in [2.05, 4.69) is 5.32 Å². The van der Waals surface area contributed by atoms with Gasteiger partial charge < -0.3 is 36.4 Å². The zero-order valence-corrected chi connectivity index (χ0v) is 16.3. The molecule has 0 unspecified atom stereocenters. The van der Waals surface area contributed by atoms with E-state index >= 15 is 0 Å². The number of nitrogens with two attached hydrogens (primary N) is 1. The lowest BCUT2D eigenvalue weighted by atomic mass is 9.82. The topological polar surface area (TPSA) is 191 Å². The van der Waals surface area contributed by atoms with E-state index in [0.29, 0.717) is 6.42 Å². The van der Waals surface area contributed by atoms with E-state index < -0.39 is 23.6 Å². The Hall–Kier alpha value is -2.40. The Morgan fingerprint density at radius 1 is 1.07 bits per heavy atom. The van der Waals surface area contributed by atoms with Crippen LogP contribution in [0.1, 0.15) is 40.0 Å². The van der Waals surface area contributed by atoms with Gasteiger partial charge in [0.25, 0.3) is 0 Å². The fourth-order valence-electron chi connectivity index (χ4n) is 2.41. The first-order valence-electron chi connectivity index (χ1n) is 8.17. The summed E-state index contributed by atoms with van der Waals surface area (Å²) in [7, 11) is 3.49. The van der Waals surface area contributed by atoms with Crippen LogP contribution < -0.4 is 11.1 Å². The van der Waals surface area contributed by atoms with Gasteiger partial charge in [0.2, 0.25) is 5.91 Å². The summed E-state index contributed by atoms with van der Waals surface area (Å²) in [6.07, 6.45) is 1.59. The average Bonchev–Trinajstić information content (AvgIpc) is 2.47. The van der Waals surface area contributed by atoms with Gasteiger partial charge in [-0.1, -0.05) is 0 Å². The van der Waals surface area contributed by atoms with Crippen LogP contribution >= 0.6 is 0 Å². The van der Waals surface area contributed by atoms with Crippen LogP contribution in [0.15, 0.2) is 0 Å². The highest BCUT2D eigenvalue weighted by atomic mass is 16.6. The van der Waals surface area contributed by atoms with Crippen molar-refractivity contribution >= 4 is 23.9 Å². The highest BCUT2D eigenvalue weighted by Gasteiger charge is 2.34. The molecule has 7 N–H and O–H groups in total. The normalized spacial score (nSPS) is 21.5. The number of carboxylic acid groups (broad SMARTS) is 2. The Balaban J connectivity index is 0. The molecule has 0 aliphatic heterocycles. The second kappa shape index (κ2) is 11.3. The minimum atomic E-state index is -1.82. The highest BCUT2D eigenvalue weighted by molar-refractivity contribution is 6.27. The van der Waals surface area contributed by atoms with Crippen molar-refractivity contribution in [3.05, 3.63) is 0 Å². The molecule has 0 aromatic heterocycles. The fraction of sp³-hybridized carbons (Fsp3) is 0.750. The van der Waals surface area contributed by atoms with Crippen molar-refractivity contribution in [1.82, 2.24) is 10.2 Å². The molecule has 0 bridgehead atoms. The van der Waals surface area contributed by atoms with Crippen molar-refractivity contribution in [3.8, 4) is 0 Å². The van der Waals surface area contributed by atoms with Gasteiger partial charge >= 0.3 is 18.0 Å². The van der Waals surface area contributed by atoms with Crippen LogP contribution in [0.2, 0.25) is 0 Å². The van der Waals surface area contributed by atoms with Gasteiger partial charge in [0.1, 0.15) is 5.60 Å². The average molecular weight is 393 g/mol. The SMILES string of the molecule is CN(C)C(=O)[C@H]1CC[C@H](N)[C@H](NC(=O)OC(C)(C)C)C1.O.O=C(O)C(=O)O. The number of nitrogens with zero attached hydrogens (tertiary/aromatic N) is 1. The molecule has 0 saturated heterocycles. The van der Waals surface area contributed by atoms with E-state index in [0.717, 1.165) is 12.8 Å². The molecule has 1 rings (SSSR count). The van der Waals surface area contributed by atoms with E-state index in [1.165, 1.54) is 0 Å². The van der Waals surface area contributed by atoms with E-state index in [4.69, 9.17) is 30.3 Å². The maximum atomic E-state index is 12.0. The number of hydrogen-bond acceptors (Lipinski definition) is 6. The highest BCUT2D eigenvalue weighted by Crippen LogP contribution is 2.25. The quantitative estimate of drug-likeness (QED) is 0.448. The number of alkyl carbamates (subject to hydrolysis) is 1. The predicted octanol–water partition coefficient (Wildman–Crippen LogP) is -0.574. The Morgan fingerprint density at radius 2 is 1.56 bits per heavy atom. The number of carbonyl (C=O) groups is 4. The third-order valence-electron chi connectivity index (χ3n) is 3.58. The molecular weight excluding hydrogens is 362 g/mol. The molecular formula is C16H31N3O8. The summed E-state index contributed by atoms with van der Waals surface area (Å²) in [5.74, 6) is -3.64. The molecule has 1 aliphatic rings. The van der Waals surface area contributed by atoms with Gasteiger partial charge in [-0.3, -0.25) is 4.79 Å². The lowest BCUT2D eigenvalue weighted by molar-refractivity contribution is -0.159. The molecule has 27 heavy (non-hydrogen) atoms. The second-order valence-corrected chi connectivity index (χ2v) is 7.27. The lowest BCUT2D eigenvalue weighted by Gasteiger charge is -2.35. The molecule has 1 saturated carbocycles. The summed E-state index contributed by atoms with van der Waals surface area (Å²) in [4.78, 5) is 43.6. The van der Waals surface area contributed by atoms with Gasteiger partial charge in [0.15, 0.2) is 0 Å². The molecule has 1 aliphatic carbocycles. The molecule has 0 spiro atoms. The summed E-state index contributed by atoms with van der Waals surface area (Å²) < 4.78 is 5.23. The van der Waals surface area contributed by atoms with Crippen LogP contribution in [0.5, 0.6) is 0 Å². The number of nitrogens with one attached hydrogen (secondary N) is 1. The summed E-state index contributed by atoms with van der Waals surface area (Å²) >= 11 is 0. The first kappa shape index (κ1) is 26.8. The van der Waals surface area contributed by atoms with E-state index in [1.807, 2.05) is 20.8 Å². The second-order valence-electron chi connectivity index (χ2n) is 7.27. The third-order valence-corrected chi connectivity index (χ3v) is 3.58. The van der Waals surface area contributed by atoms with Crippen LogP contribution in [-0.2, 0) is 19.1 Å². The van der Waals surface area contributed by atoms with Crippen LogP contribution in [0.3, 0.4) is 0 Å². The molecule has 0 aromatic carbocycles. The minimum absolute atomic E-state index is 0. The number of hydrogen-bond donors (Lipinski definition) is 4. The van der Waals surface area contributed by atoms with Gasteiger partial charge in [0, 0.05) is 32.1 Å². The molecule has 11 heteroatoms. The van der Waals surface area contributed by atoms with Crippen molar-refractivity contribution in [1.29, 1.82) is 0 Å². The Kier molecular flexibility index (Phi) is 11.3. The summed E-state index contributed by atoms with van der Waals surface area (Å²) in [6.45, 7) is 5.43. The van der Waals surface area contributed by atoms with Gasteiger partial charge in [-0.15, -0.1) is 0 Å². The van der Waals surface area contributed by atoms with Crippen molar-refractivity contribution < 1.29 is 39.6 Å². The number of amides is 2. The zero-order valence-electron chi connectivity index (χ0n) is 16.3. The molecule has 11 nitrogen and oxygen atoms in total. The first-order chi connectivity index (χ1) is 11.7. The molecule has 158 valence electrons. The standard InChI is InChI=1S/C14H27N3O3.C2H2O4.H2O/c1-14(2,3)20-13(19)16-11-8-9(6-7-10(11)15)12(18)17(4)5;3-1(4)2(5)6;/h9-11H,6-8,15H2,1-5H3,(H,16,19);(H,3,4)(H,5,6);1H2/t9-,10-,11+;;/m0../s1. The van der Waals surface area contributed by atoms with Crippen molar-refractivity contribution in [2.45, 2.75) is 57.7 Å². The smallest absolute Gasteiger partial charge is 0.414 e.